The minimum Gasteiger partial charge on any atom is -0.459 e. The monoisotopic (exact) mass is 371 g/mol. The number of rotatable bonds is 3. The minimum atomic E-state index is -0.106. The Kier molecular flexibility index (Phi) is 5.01. The van der Waals surface area contributed by atoms with Crippen molar-refractivity contribution < 1.29 is 18.7 Å². The Bertz CT molecular complexity index is 796. The molecular weight excluding hydrogens is 350 g/mol. The van der Waals surface area contributed by atoms with Crippen LogP contribution >= 0.6 is 0 Å². The standard InChI is InChI=1S/C18H21N5O4/c24-17(23-7-10-26-11-8-23)14-12-16(20-13-19-14)21-3-5-22(6-4-21)18(25)15-2-1-9-27-15/h1-2,9,12-13H,3-8,10-11H2. The number of hydrogen-bond donors (Lipinski definition) is 0. The third kappa shape index (κ3) is 3.77. The molecule has 2 aromatic heterocycles. The molecule has 0 aliphatic carbocycles. The Morgan fingerprint density at radius 1 is 0.926 bits per heavy atom. The molecule has 0 atom stereocenters. The van der Waals surface area contributed by atoms with Gasteiger partial charge in [-0.2, -0.15) is 0 Å². The number of carbonyl (C=O) groups excluding carboxylic acids is 2. The van der Waals surface area contributed by atoms with Gasteiger partial charge in [0.15, 0.2) is 5.76 Å². The molecule has 0 N–H and O–H groups in total. The van der Waals surface area contributed by atoms with Crippen molar-refractivity contribution in [1.29, 1.82) is 0 Å². The number of nitrogens with zero attached hydrogens (tertiary/aromatic N) is 5. The summed E-state index contributed by atoms with van der Waals surface area (Å²) in [6.07, 6.45) is 2.92. The molecule has 142 valence electrons. The van der Waals surface area contributed by atoms with Crippen molar-refractivity contribution in [3.05, 3.63) is 42.2 Å². The summed E-state index contributed by atoms with van der Waals surface area (Å²) in [4.78, 5) is 39.0. The molecule has 0 aromatic carbocycles. The Labute approximate surface area is 156 Å². The van der Waals surface area contributed by atoms with Crippen LogP contribution in [0.2, 0.25) is 0 Å². The van der Waals surface area contributed by atoms with E-state index in [1.165, 1.54) is 12.6 Å². The highest BCUT2D eigenvalue weighted by atomic mass is 16.5. The Balaban J connectivity index is 1.40. The maximum absolute atomic E-state index is 12.6. The molecule has 2 fully saturated rings. The van der Waals surface area contributed by atoms with Crippen LogP contribution in [0.1, 0.15) is 21.0 Å². The van der Waals surface area contributed by atoms with E-state index in [1.54, 1.807) is 28.0 Å². The first-order valence-electron chi connectivity index (χ1n) is 8.99. The van der Waals surface area contributed by atoms with Crippen LogP contribution in [0, 0.1) is 0 Å². The zero-order chi connectivity index (χ0) is 18.6. The fraction of sp³-hybridized carbons (Fsp3) is 0.444. The molecule has 2 aliphatic rings. The van der Waals surface area contributed by atoms with Gasteiger partial charge in [-0.25, -0.2) is 9.97 Å². The fourth-order valence-electron chi connectivity index (χ4n) is 3.26. The van der Waals surface area contributed by atoms with Gasteiger partial charge >= 0.3 is 0 Å². The largest absolute Gasteiger partial charge is 0.459 e. The number of ether oxygens (including phenoxy) is 1. The molecule has 2 amide bonds. The number of carbonyl (C=O) groups is 2. The van der Waals surface area contributed by atoms with Crippen LogP contribution in [0.4, 0.5) is 5.82 Å². The lowest BCUT2D eigenvalue weighted by Gasteiger charge is -2.35. The van der Waals surface area contributed by atoms with Crippen LogP contribution in [0.3, 0.4) is 0 Å². The molecule has 0 radical (unpaired) electrons. The lowest BCUT2D eigenvalue weighted by atomic mass is 10.2. The first-order valence-corrected chi connectivity index (χ1v) is 8.99. The van der Waals surface area contributed by atoms with E-state index in [2.05, 4.69) is 14.9 Å². The van der Waals surface area contributed by atoms with Crippen LogP contribution in [0.5, 0.6) is 0 Å². The number of aromatic nitrogens is 2. The Hall–Kier alpha value is -2.94. The Morgan fingerprint density at radius 3 is 2.37 bits per heavy atom. The Morgan fingerprint density at radius 2 is 1.67 bits per heavy atom. The van der Waals surface area contributed by atoms with Gasteiger partial charge in [-0.05, 0) is 12.1 Å². The molecule has 0 unspecified atom stereocenters. The SMILES string of the molecule is O=C(c1cc(N2CCN(C(=O)c3ccco3)CC2)ncn1)N1CCOCC1. The molecule has 9 heteroatoms. The predicted molar refractivity (Wildman–Crippen MR) is 95.6 cm³/mol. The third-order valence-electron chi connectivity index (χ3n) is 4.79. The molecule has 4 heterocycles. The van der Waals surface area contributed by atoms with Gasteiger partial charge in [-0.3, -0.25) is 9.59 Å². The zero-order valence-electron chi connectivity index (χ0n) is 14.9. The quantitative estimate of drug-likeness (QED) is 0.776. The van der Waals surface area contributed by atoms with Gasteiger partial charge in [-0.15, -0.1) is 0 Å². The van der Waals surface area contributed by atoms with Gasteiger partial charge < -0.3 is 23.9 Å². The molecular formula is C18H21N5O4. The maximum atomic E-state index is 12.6. The van der Waals surface area contributed by atoms with Crippen LogP contribution < -0.4 is 4.90 Å². The summed E-state index contributed by atoms with van der Waals surface area (Å²) in [6, 6.07) is 5.10. The summed E-state index contributed by atoms with van der Waals surface area (Å²) >= 11 is 0. The summed E-state index contributed by atoms with van der Waals surface area (Å²) < 4.78 is 10.5. The predicted octanol–water partition coefficient (Wildman–Crippen LogP) is 0.504. The van der Waals surface area contributed by atoms with Crippen molar-refractivity contribution in [3.8, 4) is 0 Å². The normalized spacial score (nSPS) is 17.9. The second-order valence-electron chi connectivity index (χ2n) is 6.42. The highest BCUT2D eigenvalue weighted by Gasteiger charge is 2.25. The summed E-state index contributed by atoms with van der Waals surface area (Å²) in [6.45, 7) is 4.65. The van der Waals surface area contributed by atoms with Gasteiger partial charge in [0.1, 0.15) is 17.8 Å². The average Bonchev–Trinajstić information content (AvgIpc) is 3.28. The number of amides is 2. The van der Waals surface area contributed by atoms with Gasteiger partial charge in [0.05, 0.1) is 19.5 Å². The van der Waals surface area contributed by atoms with Gasteiger partial charge in [-0.1, -0.05) is 0 Å². The van der Waals surface area contributed by atoms with Crippen molar-refractivity contribution in [3.63, 3.8) is 0 Å². The number of morpholine rings is 1. The number of hydrogen-bond acceptors (Lipinski definition) is 7. The molecule has 0 spiro atoms. The van der Waals surface area contributed by atoms with E-state index >= 15 is 0 Å². The summed E-state index contributed by atoms with van der Waals surface area (Å²) in [5.41, 5.74) is 0.385. The summed E-state index contributed by atoms with van der Waals surface area (Å²) in [7, 11) is 0. The van der Waals surface area contributed by atoms with E-state index < -0.39 is 0 Å². The minimum absolute atomic E-state index is 0.103. The van der Waals surface area contributed by atoms with Gasteiger partial charge in [0, 0.05) is 45.3 Å². The van der Waals surface area contributed by atoms with E-state index in [9.17, 15) is 9.59 Å². The lowest BCUT2D eigenvalue weighted by molar-refractivity contribution is 0.0299. The highest BCUT2D eigenvalue weighted by molar-refractivity contribution is 5.93. The van der Waals surface area contributed by atoms with Crippen molar-refractivity contribution >= 4 is 17.6 Å². The summed E-state index contributed by atoms with van der Waals surface area (Å²) in [5.74, 6) is 0.842. The molecule has 2 aromatic rings. The van der Waals surface area contributed by atoms with Crippen molar-refractivity contribution in [2.24, 2.45) is 0 Å². The second kappa shape index (κ2) is 7.75. The average molecular weight is 371 g/mol. The van der Waals surface area contributed by atoms with Crippen LogP contribution in [0.15, 0.2) is 35.2 Å². The lowest BCUT2D eigenvalue weighted by Crippen LogP contribution is -2.49. The van der Waals surface area contributed by atoms with Gasteiger partial charge in [0.25, 0.3) is 11.8 Å². The maximum Gasteiger partial charge on any atom is 0.289 e. The molecule has 0 bridgehead atoms. The molecule has 27 heavy (non-hydrogen) atoms. The van der Waals surface area contributed by atoms with E-state index in [4.69, 9.17) is 9.15 Å². The number of piperazine rings is 1. The molecule has 2 saturated heterocycles. The second-order valence-corrected chi connectivity index (χ2v) is 6.42. The van der Waals surface area contributed by atoms with E-state index in [-0.39, 0.29) is 11.8 Å². The fourth-order valence-corrected chi connectivity index (χ4v) is 3.26. The topological polar surface area (TPSA) is 92.0 Å². The van der Waals surface area contributed by atoms with Crippen LogP contribution in [0.25, 0.3) is 0 Å². The first-order chi connectivity index (χ1) is 13.2. The number of furan rings is 1. The molecule has 9 nitrogen and oxygen atoms in total. The first kappa shape index (κ1) is 17.5. The van der Waals surface area contributed by atoms with E-state index in [0.717, 1.165) is 0 Å². The molecule has 2 aliphatic heterocycles. The third-order valence-corrected chi connectivity index (χ3v) is 4.79. The molecule has 0 saturated carbocycles. The molecule has 4 rings (SSSR count). The zero-order valence-corrected chi connectivity index (χ0v) is 14.9. The van der Waals surface area contributed by atoms with Gasteiger partial charge in [0.2, 0.25) is 0 Å². The van der Waals surface area contributed by atoms with Crippen molar-refractivity contribution in [2.45, 2.75) is 0 Å². The smallest absolute Gasteiger partial charge is 0.289 e. The van der Waals surface area contributed by atoms with E-state index in [1.807, 2.05) is 0 Å². The van der Waals surface area contributed by atoms with Crippen molar-refractivity contribution in [2.75, 3.05) is 57.4 Å². The highest BCUT2D eigenvalue weighted by Crippen LogP contribution is 2.17. The van der Waals surface area contributed by atoms with Crippen LogP contribution in [-0.2, 0) is 4.74 Å². The van der Waals surface area contributed by atoms with E-state index in [0.29, 0.717) is 69.8 Å². The summed E-state index contributed by atoms with van der Waals surface area (Å²) in [5, 5.41) is 0. The number of anilines is 1. The van der Waals surface area contributed by atoms with Crippen LogP contribution in [-0.4, -0.2) is 84.1 Å². The van der Waals surface area contributed by atoms with Crippen molar-refractivity contribution in [1.82, 2.24) is 19.8 Å².